The Hall–Kier alpha value is -4.33. The first-order chi connectivity index (χ1) is 15.5. The number of nitrogens with one attached hydrogen (secondary N) is 1. The number of nitrogens with zero attached hydrogens (tertiary/aromatic N) is 2. The first-order valence-corrected chi connectivity index (χ1v) is 9.76. The number of hydrogen-bond donors (Lipinski definition) is 1. The molecule has 1 N–H and O–H groups in total. The summed E-state index contributed by atoms with van der Waals surface area (Å²) in [5.74, 6) is 1.33. The van der Waals surface area contributed by atoms with E-state index in [9.17, 15) is 9.59 Å². The molecule has 1 aliphatic heterocycles. The maximum absolute atomic E-state index is 12.9. The second kappa shape index (κ2) is 8.81. The molecule has 32 heavy (non-hydrogen) atoms. The molecule has 162 valence electrons. The van der Waals surface area contributed by atoms with Crippen molar-refractivity contribution in [2.75, 3.05) is 31.5 Å². The van der Waals surface area contributed by atoms with Crippen LogP contribution in [0.5, 0.6) is 23.1 Å². The third kappa shape index (κ3) is 4.11. The van der Waals surface area contributed by atoms with Crippen LogP contribution in [0.3, 0.4) is 0 Å². The maximum Gasteiger partial charge on any atom is 0.262 e. The smallest absolute Gasteiger partial charge is 0.262 e. The van der Waals surface area contributed by atoms with Crippen LogP contribution in [-0.4, -0.2) is 38.1 Å². The van der Waals surface area contributed by atoms with E-state index in [-0.39, 0.29) is 11.8 Å². The number of aromatic nitrogens is 1. The quantitative estimate of drug-likeness (QED) is 0.611. The van der Waals surface area contributed by atoms with Crippen LogP contribution in [0.1, 0.15) is 15.9 Å². The molecule has 0 aliphatic carbocycles. The molecule has 0 bridgehead atoms. The minimum atomic E-state index is -0.358. The van der Waals surface area contributed by atoms with Crippen molar-refractivity contribution in [2.24, 2.45) is 0 Å². The Morgan fingerprint density at radius 2 is 1.97 bits per heavy atom. The molecule has 0 unspecified atom stereocenters. The molecule has 8 heteroatoms. The van der Waals surface area contributed by atoms with Gasteiger partial charge in [-0.15, -0.1) is 0 Å². The van der Waals surface area contributed by atoms with Gasteiger partial charge in [-0.2, -0.15) is 0 Å². The number of ether oxygens (including phenoxy) is 3. The number of pyridine rings is 1. The van der Waals surface area contributed by atoms with Gasteiger partial charge < -0.3 is 24.4 Å². The summed E-state index contributed by atoms with van der Waals surface area (Å²) in [6.45, 7) is 0. The van der Waals surface area contributed by atoms with Gasteiger partial charge >= 0.3 is 0 Å². The lowest BCUT2D eigenvalue weighted by Crippen LogP contribution is -2.25. The van der Waals surface area contributed by atoms with Crippen molar-refractivity contribution in [1.29, 1.82) is 0 Å². The van der Waals surface area contributed by atoms with E-state index in [2.05, 4.69) is 10.3 Å². The number of carbonyl (C=O) groups is 2. The maximum atomic E-state index is 12.9. The molecule has 2 amide bonds. The van der Waals surface area contributed by atoms with Gasteiger partial charge in [0, 0.05) is 36.6 Å². The highest BCUT2D eigenvalue weighted by atomic mass is 16.5. The standard InChI is InChI=1S/C24H21N3O5/c1-27-19-5-4-12-25-23(19)32-20-10-8-16(13-18(20)24(27)29)26-22(28)11-7-15-6-9-17(30-2)14-21(15)31-3/h4-14H,1-3H3,(H,26,28). The zero-order chi connectivity index (χ0) is 22.7. The van der Waals surface area contributed by atoms with Crippen molar-refractivity contribution in [3.05, 3.63) is 71.9 Å². The van der Waals surface area contributed by atoms with Gasteiger partial charge in [-0.3, -0.25) is 9.59 Å². The van der Waals surface area contributed by atoms with E-state index in [0.29, 0.717) is 40.1 Å². The van der Waals surface area contributed by atoms with E-state index in [4.69, 9.17) is 14.2 Å². The first kappa shape index (κ1) is 20.9. The molecular weight excluding hydrogens is 410 g/mol. The highest BCUT2D eigenvalue weighted by molar-refractivity contribution is 6.10. The van der Waals surface area contributed by atoms with Crippen LogP contribution < -0.4 is 24.4 Å². The number of anilines is 2. The number of carbonyl (C=O) groups excluding carboxylic acids is 2. The molecule has 2 aromatic carbocycles. The molecule has 0 saturated heterocycles. The summed E-state index contributed by atoms with van der Waals surface area (Å²) in [5, 5.41) is 2.77. The van der Waals surface area contributed by atoms with E-state index >= 15 is 0 Å². The lowest BCUT2D eigenvalue weighted by molar-refractivity contribution is -0.111. The van der Waals surface area contributed by atoms with E-state index in [1.807, 2.05) is 0 Å². The van der Waals surface area contributed by atoms with Gasteiger partial charge in [-0.05, 0) is 48.5 Å². The number of benzene rings is 2. The highest BCUT2D eigenvalue weighted by Crippen LogP contribution is 2.37. The van der Waals surface area contributed by atoms with Crippen molar-refractivity contribution >= 4 is 29.3 Å². The summed E-state index contributed by atoms with van der Waals surface area (Å²) < 4.78 is 16.3. The highest BCUT2D eigenvalue weighted by Gasteiger charge is 2.26. The number of fused-ring (bicyclic) bond motifs is 2. The van der Waals surface area contributed by atoms with Crippen LogP contribution in [-0.2, 0) is 4.79 Å². The Bertz CT molecular complexity index is 1220. The van der Waals surface area contributed by atoms with Crippen LogP contribution in [0.15, 0.2) is 60.8 Å². The molecule has 0 spiro atoms. The molecule has 8 nitrogen and oxygen atoms in total. The van der Waals surface area contributed by atoms with Crippen LogP contribution >= 0.6 is 0 Å². The van der Waals surface area contributed by atoms with E-state index < -0.39 is 0 Å². The zero-order valence-electron chi connectivity index (χ0n) is 17.8. The first-order valence-electron chi connectivity index (χ1n) is 9.76. The van der Waals surface area contributed by atoms with Gasteiger partial charge in [0.25, 0.3) is 5.91 Å². The van der Waals surface area contributed by atoms with Crippen molar-refractivity contribution in [1.82, 2.24) is 4.98 Å². The molecule has 0 fully saturated rings. The van der Waals surface area contributed by atoms with Gasteiger partial charge in [-0.25, -0.2) is 4.98 Å². The normalized spacial score (nSPS) is 12.5. The second-order valence-corrected chi connectivity index (χ2v) is 6.94. The summed E-state index contributed by atoms with van der Waals surface area (Å²) in [7, 11) is 4.77. The molecule has 4 rings (SSSR count). The van der Waals surface area contributed by atoms with E-state index in [1.54, 1.807) is 82.1 Å². The summed E-state index contributed by atoms with van der Waals surface area (Å²) in [6, 6.07) is 13.7. The monoisotopic (exact) mass is 431 g/mol. The van der Waals surface area contributed by atoms with Crippen LogP contribution in [0.2, 0.25) is 0 Å². The Labute approximate surface area is 185 Å². The molecule has 1 aliphatic rings. The topological polar surface area (TPSA) is 90.0 Å². The zero-order valence-corrected chi connectivity index (χ0v) is 17.8. The predicted molar refractivity (Wildman–Crippen MR) is 121 cm³/mol. The number of hydrogen-bond acceptors (Lipinski definition) is 6. The number of rotatable bonds is 5. The Kier molecular flexibility index (Phi) is 5.76. The Balaban J connectivity index is 1.54. The Morgan fingerprint density at radius 1 is 1.12 bits per heavy atom. The fourth-order valence-corrected chi connectivity index (χ4v) is 3.28. The molecule has 2 heterocycles. The average Bonchev–Trinajstić information content (AvgIpc) is 2.92. The van der Waals surface area contributed by atoms with Crippen LogP contribution in [0.4, 0.5) is 11.4 Å². The SMILES string of the molecule is COc1ccc(C=CC(=O)Nc2ccc3c(c2)C(=O)N(C)c2cccnc2O3)c(OC)c1. The molecule has 0 saturated carbocycles. The van der Waals surface area contributed by atoms with Gasteiger partial charge in [0.1, 0.15) is 22.9 Å². The minimum Gasteiger partial charge on any atom is -0.497 e. The van der Waals surface area contributed by atoms with Crippen molar-refractivity contribution in [2.45, 2.75) is 0 Å². The summed E-state index contributed by atoms with van der Waals surface area (Å²) in [6.07, 6.45) is 4.63. The van der Waals surface area contributed by atoms with E-state index in [1.165, 1.54) is 11.0 Å². The van der Waals surface area contributed by atoms with Crippen LogP contribution in [0, 0.1) is 0 Å². The van der Waals surface area contributed by atoms with Gasteiger partial charge in [0.2, 0.25) is 11.8 Å². The van der Waals surface area contributed by atoms with Crippen molar-refractivity contribution in [3.63, 3.8) is 0 Å². The van der Waals surface area contributed by atoms with Gasteiger partial charge in [0.15, 0.2) is 0 Å². The fraction of sp³-hybridized carbons (Fsp3) is 0.125. The van der Waals surface area contributed by atoms with Crippen LogP contribution in [0.25, 0.3) is 6.08 Å². The van der Waals surface area contributed by atoms with Crippen molar-refractivity contribution in [3.8, 4) is 23.1 Å². The molecular formula is C24H21N3O5. The van der Waals surface area contributed by atoms with E-state index in [0.717, 1.165) is 5.56 Å². The Morgan fingerprint density at radius 3 is 2.75 bits per heavy atom. The number of amides is 2. The van der Waals surface area contributed by atoms with Gasteiger partial charge in [-0.1, -0.05) is 0 Å². The summed E-state index contributed by atoms with van der Waals surface area (Å²) >= 11 is 0. The third-order valence-electron chi connectivity index (χ3n) is 4.96. The third-order valence-corrected chi connectivity index (χ3v) is 4.96. The predicted octanol–water partition coefficient (Wildman–Crippen LogP) is 4.13. The lowest BCUT2D eigenvalue weighted by Gasteiger charge is -2.15. The van der Waals surface area contributed by atoms with Crippen molar-refractivity contribution < 1.29 is 23.8 Å². The molecule has 0 atom stereocenters. The van der Waals surface area contributed by atoms with Gasteiger partial charge in [0.05, 0.1) is 19.8 Å². The summed E-state index contributed by atoms with van der Waals surface area (Å²) in [5.41, 5.74) is 2.07. The molecule has 1 aromatic heterocycles. The number of methoxy groups -OCH3 is 2. The minimum absolute atomic E-state index is 0.263. The second-order valence-electron chi connectivity index (χ2n) is 6.94. The lowest BCUT2D eigenvalue weighted by atomic mass is 10.1. The summed E-state index contributed by atoms with van der Waals surface area (Å²) in [4.78, 5) is 31.1. The fourth-order valence-electron chi connectivity index (χ4n) is 3.28. The molecule has 0 radical (unpaired) electrons. The largest absolute Gasteiger partial charge is 0.497 e. The molecule has 3 aromatic rings. The average molecular weight is 431 g/mol.